The highest BCUT2D eigenvalue weighted by Gasteiger charge is 2.15. The molecule has 1 fully saturated rings. The van der Waals surface area contributed by atoms with Crippen molar-refractivity contribution in [3.8, 4) is 0 Å². The molecule has 6 heteroatoms. The van der Waals surface area contributed by atoms with Gasteiger partial charge in [0.15, 0.2) is 5.96 Å². The summed E-state index contributed by atoms with van der Waals surface area (Å²) in [5.74, 6) is 0.840. The van der Waals surface area contributed by atoms with Crippen LogP contribution < -0.4 is 15.5 Å². The second-order valence-corrected chi connectivity index (χ2v) is 8.29. The van der Waals surface area contributed by atoms with Gasteiger partial charge in [-0.05, 0) is 37.6 Å². The summed E-state index contributed by atoms with van der Waals surface area (Å²) in [6.45, 7) is 8.58. The summed E-state index contributed by atoms with van der Waals surface area (Å²) in [6, 6.07) is 13.3. The van der Waals surface area contributed by atoms with Crippen LogP contribution in [-0.2, 0) is 17.7 Å². The maximum atomic E-state index is 5.49. The third-order valence-electron chi connectivity index (χ3n) is 4.70. The summed E-state index contributed by atoms with van der Waals surface area (Å²) in [5.41, 5.74) is 2.56. The van der Waals surface area contributed by atoms with Crippen LogP contribution in [-0.4, -0.2) is 45.4 Å². The number of hydrogen-bond donors (Lipinski definition) is 2. The van der Waals surface area contributed by atoms with Crippen molar-refractivity contribution < 1.29 is 4.74 Å². The number of rotatable bonds is 6. The van der Waals surface area contributed by atoms with Crippen LogP contribution in [0.2, 0.25) is 0 Å². The second-order valence-electron chi connectivity index (χ2n) is 6.92. The molecule has 2 heterocycles. The molecule has 0 aliphatic carbocycles. The number of anilines is 1. The average molecular weight is 387 g/mol. The van der Waals surface area contributed by atoms with Crippen molar-refractivity contribution in [1.29, 1.82) is 0 Å². The van der Waals surface area contributed by atoms with Gasteiger partial charge in [-0.3, -0.25) is 4.99 Å². The quantitative estimate of drug-likeness (QED) is 0.591. The number of aliphatic imine (C=N–C) groups is 1. The number of guanidine groups is 1. The van der Waals surface area contributed by atoms with E-state index in [9.17, 15) is 0 Å². The molecule has 0 bridgehead atoms. The first-order valence-corrected chi connectivity index (χ1v) is 10.4. The highest BCUT2D eigenvalue weighted by molar-refractivity contribution is 7.11. The van der Waals surface area contributed by atoms with Gasteiger partial charge in [0.1, 0.15) is 0 Å². The van der Waals surface area contributed by atoms with E-state index < -0.39 is 0 Å². The molecule has 1 aliphatic rings. The molecule has 1 aromatic carbocycles. The average Bonchev–Trinajstić information content (AvgIpc) is 3.10. The molecule has 2 N–H and O–H groups in total. The van der Waals surface area contributed by atoms with Crippen LogP contribution in [0.15, 0.2) is 41.4 Å². The van der Waals surface area contributed by atoms with E-state index in [2.05, 4.69) is 70.8 Å². The SMILES string of the molecule is CN=C(NCc1ccccc1N1CCOCC1)NC(C)Cc1ccc(C)s1. The Bertz CT molecular complexity index is 752. The molecule has 0 saturated carbocycles. The minimum Gasteiger partial charge on any atom is -0.378 e. The van der Waals surface area contributed by atoms with Gasteiger partial charge in [-0.25, -0.2) is 0 Å². The molecule has 5 nitrogen and oxygen atoms in total. The Kier molecular flexibility index (Phi) is 7.12. The molecule has 27 heavy (non-hydrogen) atoms. The number of morpholine rings is 1. The van der Waals surface area contributed by atoms with Gasteiger partial charge in [-0.15, -0.1) is 11.3 Å². The summed E-state index contributed by atoms with van der Waals surface area (Å²) in [6.07, 6.45) is 1.00. The van der Waals surface area contributed by atoms with Gasteiger partial charge in [0.05, 0.1) is 13.2 Å². The number of ether oxygens (including phenoxy) is 1. The van der Waals surface area contributed by atoms with Crippen LogP contribution >= 0.6 is 11.3 Å². The van der Waals surface area contributed by atoms with E-state index >= 15 is 0 Å². The van der Waals surface area contributed by atoms with Crippen molar-refractivity contribution in [2.24, 2.45) is 4.99 Å². The summed E-state index contributed by atoms with van der Waals surface area (Å²) in [5, 5.41) is 6.98. The minimum atomic E-state index is 0.323. The maximum Gasteiger partial charge on any atom is 0.191 e. The fourth-order valence-electron chi connectivity index (χ4n) is 3.33. The summed E-state index contributed by atoms with van der Waals surface area (Å²) in [4.78, 5) is 9.56. The summed E-state index contributed by atoms with van der Waals surface area (Å²) in [7, 11) is 1.82. The van der Waals surface area contributed by atoms with Crippen molar-refractivity contribution >= 4 is 23.0 Å². The van der Waals surface area contributed by atoms with Gasteiger partial charge >= 0.3 is 0 Å². The largest absolute Gasteiger partial charge is 0.378 e. The van der Waals surface area contributed by atoms with Gasteiger partial charge in [-0.2, -0.15) is 0 Å². The van der Waals surface area contributed by atoms with Gasteiger partial charge in [0.25, 0.3) is 0 Å². The summed E-state index contributed by atoms with van der Waals surface area (Å²) >= 11 is 1.86. The number of para-hydroxylation sites is 1. The lowest BCUT2D eigenvalue weighted by Gasteiger charge is -2.30. The first kappa shape index (κ1) is 19.7. The first-order chi connectivity index (χ1) is 13.2. The molecule has 1 unspecified atom stereocenters. The highest BCUT2D eigenvalue weighted by Crippen LogP contribution is 2.21. The first-order valence-electron chi connectivity index (χ1n) is 9.59. The lowest BCUT2D eigenvalue weighted by Crippen LogP contribution is -2.43. The number of thiophene rings is 1. The molecular formula is C21H30N4OS. The Morgan fingerprint density at radius 3 is 2.70 bits per heavy atom. The Morgan fingerprint density at radius 2 is 2.00 bits per heavy atom. The molecule has 146 valence electrons. The molecule has 0 amide bonds. The lowest BCUT2D eigenvalue weighted by molar-refractivity contribution is 0.122. The molecule has 0 spiro atoms. The van der Waals surface area contributed by atoms with Gasteiger partial charge in [0.2, 0.25) is 0 Å². The lowest BCUT2D eigenvalue weighted by atomic mass is 10.1. The Hall–Kier alpha value is -2.05. The molecular weight excluding hydrogens is 356 g/mol. The zero-order valence-corrected chi connectivity index (χ0v) is 17.3. The van der Waals surface area contributed by atoms with Crippen molar-refractivity contribution in [2.75, 3.05) is 38.3 Å². The number of nitrogens with one attached hydrogen (secondary N) is 2. The van der Waals surface area contributed by atoms with Crippen molar-refractivity contribution in [1.82, 2.24) is 10.6 Å². The molecule has 1 saturated heterocycles. The third-order valence-corrected chi connectivity index (χ3v) is 5.72. The standard InChI is InChI=1S/C21H30N4OS/c1-16(14-19-9-8-17(2)27-19)24-21(22-3)23-15-18-6-4-5-7-20(18)25-10-12-26-13-11-25/h4-9,16H,10-15H2,1-3H3,(H2,22,23,24). The topological polar surface area (TPSA) is 48.9 Å². The normalized spacial score (nSPS) is 16.3. The van der Waals surface area contributed by atoms with Crippen molar-refractivity contribution in [3.63, 3.8) is 0 Å². The van der Waals surface area contributed by atoms with Crippen LogP contribution in [0.4, 0.5) is 5.69 Å². The van der Waals surface area contributed by atoms with E-state index in [-0.39, 0.29) is 0 Å². The second kappa shape index (κ2) is 9.76. The van der Waals surface area contributed by atoms with E-state index in [1.807, 2.05) is 18.4 Å². The fourth-order valence-corrected chi connectivity index (χ4v) is 4.35. The molecule has 2 aromatic rings. The number of hydrogen-bond acceptors (Lipinski definition) is 4. The van der Waals surface area contributed by atoms with Crippen molar-refractivity contribution in [2.45, 2.75) is 32.9 Å². The smallest absolute Gasteiger partial charge is 0.191 e. The number of nitrogens with zero attached hydrogens (tertiary/aromatic N) is 2. The molecule has 1 atom stereocenters. The fraction of sp³-hybridized carbons (Fsp3) is 0.476. The summed E-state index contributed by atoms with van der Waals surface area (Å²) < 4.78 is 5.49. The Morgan fingerprint density at radius 1 is 1.22 bits per heavy atom. The van der Waals surface area contributed by atoms with E-state index in [0.717, 1.165) is 45.2 Å². The van der Waals surface area contributed by atoms with Crippen LogP contribution in [0, 0.1) is 6.92 Å². The van der Waals surface area contributed by atoms with Crippen LogP contribution in [0.5, 0.6) is 0 Å². The van der Waals surface area contributed by atoms with Gasteiger partial charge < -0.3 is 20.3 Å². The van der Waals surface area contributed by atoms with Crippen LogP contribution in [0.25, 0.3) is 0 Å². The maximum absolute atomic E-state index is 5.49. The Labute approximate surface area is 166 Å². The Balaban J connectivity index is 1.56. The molecule has 1 aliphatic heterocycles. The molecule has 1 aromatic heterocycles. The van der Waals surface area contributed by atoms with Gasteiger partial charge in [0, 0.05) is 54.6 Å². The molecule has 3 rings (SSSR count). The predicted octanol–water partition coefficient (Wildman–Crippen LogP) is 3.19. The minimum absolute atomic E-state index is 0.323. The van der Waals surface area contributed by atoms with E-state index in [0.29, 0.717) is 6.04 Å². The van der Waals surface area contributed by atoms with E-state index in [1.165, 1.54) is 21.0 Å². The zero-order chi connectivity index (χ0) is 19.1. The van der Waals surface area contributed by atoms with E-state index in [1.54, 1.807) is 0 Å². The predicted molar refractivity (Wildman–Crippen MR) is 115 cm³/mol. The highest BCUT2D eigenvalue weighted by atomic mass is 32.1. The van der Waals surface area contributed by atoms with E-state index in [4.69, 9.17) is 4.74 Å². The van der Waals surface area contributed by atoms with Crippen LogP contribution in [0.1, 0.15) is 22.2 Å². The zero-order valence-electron chi connectivity index (χ0n) is 16.5. The van der Waals surface area contributed by atoms with Crippen molar-refractivity contribution in [3.05, 3.63) is 51.7 Å². The third kappa shape index (κ3) is 5.71. The number of aryl methyl sites for hydroxylation is 1. The molecule has 0 radical (unpaired) electrons. The van der Waals surface area contributed by atoms with Gasteiger partial charge in [-0.1, -0.05) is 18.2 Å². The van der Waals surface area contributed by atoms with Crippen LogP contribution in [0.3, 0.4) is 0 Å². The number of benzene rings is 1. The monoisotopic (exact) mass is 386 g/mol.